The third-order valence-corrected chi connectivity index (χ3v) is 4.87. The Bertz CT molecular complexity index is 701. The van der Waals surface area contributed by atoms with Crippen LogP contribution >= 0.6 is 58.0 Å². The van der Waals surface area contributed by atoms with Crippen LogP contribution in [0.3, 0.4) is 0 Å². The lowest BCUT2D eigenvalue weighted by molar-refractivity contribution is -0.274. The SMILES string of the molecule is FC(F)(F)Oc1ccccc1-c1c(Cl)c(Cl)c(Cl)c(Cl)c1Cl. The van der Waals surface area contributed by atoms with Gasteiger partial charge in [0.25, 0.3) is 0 Å². The molecular formula is C13H4Cl5F3O. The highest BCUT2D eigenvalue weighted by Gasteiger charge is 2.33. The molecule has 0 aromatic heterocycles. The van der Waals surface area contributed by atoms with Crippen molar-refractivity contribution in [3.8, 4) is 16.9 Å². The Balaban J connectivity index is 2.74. The van der Waals surface area contributed by atoms with Gasteiger partial charge in [-0.3, -0.25) is 0 Å². The summed E-state index contributed by atoms with van der Waals surface area (Å²) in [7, 11) is 0. The van der Waals surface area contributed by atoms with E-state index in [-0.39, 0.29) is 36.2 Å². The molecule has 0 N–H and O–H groups in total. The van der Waals surface area contributed by atoms with Crippen LogP contribution in [0.1, 0.15) is 0 Å². The molecular weight excluding hydrogens is 406 g/mol. The van der Waals surface area contributed by atoms with Crippen LogP contribution in [0.25, 0.3) is 11.1 Å². The molecule has 2 aromatic carbocycles. The molecule has 0 amide bonds. The first-order valence-corrected chi connectivity index (χ1v) is 7.39. The minimum absolute atomic E-state index is 0.00239. The van der Waals surface area contributed by atoms with E-state index in [1.54, 1.807) is 0 Å². The highest BCUT2D eigenvalue weighted by atomic mass is 35.5. The number of halogens is 8. The number of hydrogen-bond donors (Lipinski definition) is 0. The van der Waals surface area contributed by atoms with Gasteiger partial charge >= 0.3 is 6.36 Å². The monoisotopic (exact) mass is 408 g/mol. The predicted molar refractivity (Wildman–Crippen MR) is 83.6 cm³/mol. The molecule has 0 atom stereocenters. The molecule has 0 bridgehead atoms. The van der Waals surface area contributed by atoms with Crippen LogP contribution in [0.2, 0.25) is 25.1 Å². The zero-order valence-electron chi connectivity index (χ0n) is 10.2. The molecule has 2 rings (SSSR count). The van der Waals surface area contributed by atoms with Gasteiger partial charge in [-0.1, -0.05) is 76.2 Å². The second-order valence-electron chi connectivity index (χ2n) is 3.99. The van der Waals surface area contributed by atoms with Gasteiger partial charge in [0, 0.05) is 11.1 Å². The van der Waals surface area contributed by atoms with Crippen LogP contribution in [-0.4, -0.2) is 6.36 Å². The van der Waals surface area contributed by atoms with E-state index in [0.29, 0.717) is 0 Å². The lowest BCUT2D eigenvalue weighted by Crippen LogP contribution is -2.17. The van der Waals surface area contributed by atoms with E-state index < -0.39 is 12.1 Å². The van der Waals surface area contributed by atoms with Crippen LogP contribution in [0.15, 0.2) is 24.3 Å². The summed E-state index contributed by atoms with van der Waals surface area (Å²) in [5.74, 6) is -0.492. The van der Waals surface area contributed by atoms with Crippen LogP contribution in [0.5, 0.6) is 5.75 Å². The maximum absolute atomic E-state index is 12.5. The van der Waals surface area contributed by atoms with Gasteiger partial charge in [-0.05, 0) is 6.07 Å². The standard InChI is InChI=1S/C13H4Cl5F3O/c14-8-7(9(15)11(17)12(18)10(8)16)5-3-1-2-4-6(5)22-13(19,20)21/h1-4H. The van der Waals surface area contributed by atoms with Gasteiger partial charge in [0.2, 0.25) is 0 Å². The first-order valence-electron chi connectivity index (χ1n) is 5.50. The van der Waals surface area contributed by atoms with Crippen molar-refractivity contribution in [3.63, 3.8) is 0 Å². The van der Waals surface area contributed by atoms with E-state index in [2.05, 4.69) is 4.74 Å². The molecule has 0 spiro atoms. The van der Waals surface area contributed by atoms with Crippen LogP contribution in [0, 0.1) is 0 Å². The van der Waals surface area contributed by atoms with E-state index in [4.69, 9.17) is 58.0 Å². The average molecular weight is 410 g/mol. The number of benzene rings is 2. The van der Waals surface area contributed by atoms with Crippen LogP contribution in [0.4, 0.5) is 13.2 Å². The summed E-state index contributed by atoms with van der Waals surface area (Å²) in [6, 6.07) is 5.31. The predicted octanol–water partition coefficient (Wildman–Crippen LogP) is 7.52. The Morgan fingerprint density at radius 2 is 1.18 bits per heavy atom. The van der Waals surface area contributed by atoms with Gasteiger partial charge in [0.1, 0.15) is 5.75 Å². The maximum atomic E-state index is 12.5. The van der Waals surface area contributed by atoms with Gasteiger partial charge in [-0.2, -0.15) is 0 Å². The second kappa shape index (κ2) is 6.54. The normalized spacial score (nSPS) is 11.6. The Kier molecular flexibility index (Phi) is 5.30. The largest absolute Gasteiger partial charge is 0.573 e. The van der Waals surface area contributed by atoms with Gasteiger partial charge in [-0.15, -0.1) is 13.2 Å². The fourth-order valence-corrected chi connectivity index (χ4v) is 3.07. The van der Waals surface area contributed by atoms with Crippen molar-refractivity contribution in [1.82, 2.24) is 0 Å². The molecule has 0 aliphatic carbocycles. The molecule has 1 nitrogen and oxygen atoms in total. The summed E-state index contributed by atoms with van der Waals surface area (Å²) in [6.45, 7) is 0. The highest BCUT2D eigenvalue weighted by molar-refractivity contribution is 6.56. The Labute approximate surface area is 148 Å². The minimum atomic E-state index is -4.88. The Morgan fingerprint density at radius 3 is 1.68 bits per heavy atom. The van der Waals surface area contributed by atoms with Crippen molar-refractivity contribution in [2.24, 2.45) is 0 Å². The molecule has 22 heavy (non-hydrogen) atoms. The first-order chi connectivity index (χ1) is 10.1. The zero-order chi connectivity index (χ0) is 16.7. The number of para-hydroxylation sites is 1. The number of rotatable bonds is 2. The Hall–Kier alpha value is -0.520. The summed E-state index contributed by atoms with van der Waals surface area (Å²) < 4.78 is 41.5. The first kappa shape index (κ1) is 17.8. The number of ether oxygens (including phenoxy) is 1. The van der Waals surface area contributed by atoms with Crippen LogP contribution in [-0.2, 0) is 0 Å². The Morgan fingerprint density at radius 1 is 0.727 bits per heavy atom. The van der Waals surface area contributed by atoms with E-state index in [0.717, 1.165) is 6.07 Å². The van der Waals surface area contributed by atoms with Crippen molar-refractivity contribution < 1.29 is 17.9 Å². The van der Waals surface area contributed by atoms with Crippen LogP contribution < -0.4 is 4.74 Å². The topological polar surface area (TPSA) is 9.23 Å². The zero-order valence-corrected chi connectivity index (χ0v) is 14.0. The lowest BCUT2D eigenvalue weighted by atomic mass is 10.0. The third-order valence-electron chi connectivity index (χ3n) is 2.59. The molecule has 118 valence electrons. The van der Waals surface area contributed by atoms with Crippen molar-refractivity contribution in [3.05, 3.63) is 49.4 Å². The average Bonchev–Trinajstić information content (AvgIpc) is 2.43. The van der Waals surface area contributed by atoms with Gasteiger partial charge < -0.3 is 4.74 Å². The van der Waals surface area contributed by atoms with E-state index in [9.17, 15) is 13.2 Å². The minimum Gasteiger partial charge on any atom is -0.405 e. The molecule has 0 aliphatic rings. The van der Waals surface area contributed by atoms with Crippen molar-refractivity contribution >= 4 is 58.0 Å². The van der Waals surface area contributed by atoms with E-state index in [1.807, 2.05) is 0 Å². The van der Waals surface area contributed by atoms with E-state index >= 15 is 0 Å². The molecule has 9 heteroatoms. The molecule has 0 fully saturated rings. The number of hydrogen-bond acceptors (Lipinski definition) is 1. The van der Waals surface area contributed by atoms with Crippen molar-refractivity contribution in [2.45, 2.75) is 6.36 Å². The third kappa shape index (κ3) is 3.52. The molecule has 0 heterocycles. The molecule has 0 saturated heterocycles. The second-order valence-corrected chi connectivity index (χ2v) is 5.88. The summed E-state index contributed by atoms with van der Waals surface area (Å²) in [5.41, 5.74) is -0.0159. The smallest absolute Gasteiger partial charge is 0.405 e. The number of alkyl halides is 3. The fraction of sp³-hybridized carbons (Fsp3) is 0.0769. The van der Waals surface area contributed by atoms with Crippen molar-refractivity contribution in [1.29, 1.82) is 0 Å². The lowest BCUT2D eigenvalue weighted by Gasteiger charge is -2.17. The van der Waals surface area contributed by atoms with Gasteiger partial charge in [0.05, 0.1) is 25.1 Å². The quantitative estimate of drug-likeness (QED) is 0.367. The summed E-state index contributed by atoms with van der Waals surface area (Å²) in [5, 5.41) is -0.570. The molecule has 0 unspecified atom stereocenters. The fourth-order valence-electron chi connectivity index (χ4n) is 1.73. The molecule has 0 aliphatic heterocycles. The van der Waals surface area contributed by atoms with Gasteiger partial charge in [-0.25, -0.2) is 0 Å². The summed E-state index contributed by atoms with van der Waals surface area (Å²) >= 11 is 29.8. The maximum Gasteiger partial charge on any atom is 0.573 e. The van der Waals surface area contributed by atoms with Crippen molar-refractivity contribution in [2.75, 3.05) is 0 Å². The molecule has 0 radical (unpaired) electrons. The summed E-state index contributed by atoms with van der Waals surface area (Å²) in [6.07, 6.45) is -4.88. The molecule has 2 aromatic rings. The highest BCUT2D eigenvalue weighted by Crippen LogP contribution is 2.50. The summed E-state index contributed by atoms with van der Waals surface area (Å²) in [4.78, 5) is 0. The molecule has 0 saturated carbocycles. The van der Waals surface area contributed by atoms with Gasteiger partial charge in [0.15, 0.2) is 0 Å². The van der Waals surface area contributed by atoms with E-state index in [1.165, 1.54) is 18.2 Å².